The zero-order chi connectivity index (χ0) is 75.4. The van der Waals surface area contributed by atoms with Gasteiger partial charge in [0.2, 0.25) is 11.8 Å². The van der Waals surface area contributed by atoms with Crippen LogP contribution in [0.2, 0.25) is 0 Å². The van der Waals surface area contributed by atoms with Crippen molar-refractivity contribution in [3.63, 3.8) is 0 Å². The Labute approximate surface area is 598 Å². The molecule has 8 N–H and O–H groups in total. The van der Waals surface area contributed by atoms with Crippen molar-refractivity contribution in [2.24, 2.45) is 63.9 Å². The molecule has 6 saturated heterocycles. The van der Waals surface area contributed by atoms with Crippen LogP contribution < -0.4 is 11.1 Å². The van der Waals surface area contributed by atoms with E-state index in [-0.39, 0.29) is 76.7 Å². The fourth-order valence-corrected chi connectivity index (χ4v) is 18.0. The first-order chi connectivity index (χ1) is 47.2. The zero-order valence-electron chi connectivity index (χ0n) is 63.8. The van der Waals surface area contributed by atoms with E-state index < -0.39 is 24.1 Å². The van der Waals surface area contributed by atoms with Crippen LogP contribution in [-0.2, 0) is 19.2 Å². The third-order valence-electron chi connectivity index (χ3n) is 23.7. The van der Waals surface area contributed by atoms with Crippen molar-refractivity contribution in [2.75, 3.05) is 129 Å². The highest BCUT2D eigenvalue weighted by atomic mass is 16.4. The van der Waals surface area contributed by atoms with Crippen LogP contribution >= 0.6 is 0 Å². The number of nitrogens with two attached hydrogens (primary N) is 1. The molecule has 10 fully saturated rings. The van der Waals surface area contributed by atoms with Gasteiger partial charge in [-0.25, -0.2) is 28.8 Å². The molecule has 10 aliphatic rings. The normalized spacial score (nSPS) is 31.3. The van der Waals surface area contributed by atoms with Gasteiger partial charge in [-0.1, -0.05) is 68.2 Å². The molecule has 4 saturated carbocycles. The van der Waals surface area contributed by atoms with E-state index in [1.165, 1.54) is 0 Å². The van der Waals surface area contributed by atoms with Crippen molar-refractivity contribution < 1.29 is 63.9 Å². The molecule has 10 rings (SSSR count). The SMILES string of the molecule is CC.CC.CCC1(CCC(=O)N2CCC[C@H]2C#N)C[C@H]2CN(C(=O)N(C)C)C[C@H]2C1.CCC1(CCC(=O)N2CCC[C@H]2C#N)C[C@H]2CN(C(=O)N(C)C)C[C@H]2C1.CCC1(N)C[C@H]2CN(C(=O)N(C)C)C[C@H]2C1.CCC1(NCO)C[C@H]2CN(C(=O)N(C)C)C[C@H]2C1.O=C(O)C(O)C(O)C(=O)O. The molecule has 0 spiro atoms. The number of fused-ring (bicyclic) bond motifs is 4. The van der Waals surface area contributed by atoms with Gasteiger partial charge in [-0.2, -0.15) is 10.5 Å². The smallest absolute Gasteiger partial charge is 0.335 e. The van der Waals surface area contributed by atoms with E-state index in [2.05, 4.69) is 45.2 Å². The Bertz CT molecular complexity index is 2600. The number of urea groups is 4. The fourth-order valence-electron chi connectivity index (χ4n) is 18.0. The predicted molar refractivity (Wildman–Crippen MR) is 383 cm³/mol. The third-order valence-corrected chi connectivity index (χ3v) is 23.7. The molecule has 6 unspecified atom stereocenters. The van der Waals surface area contributed by atoms with Crippen LogP contribution in [0.25, 0.3) is 0 Å². The summed E-state index contributed by atoms with van der Waals surface area (Å²) in [4.78, 5) is 111. The molecule has 0 aromatic rings. The fraction of sp³-hybridized carbons (Fsp3) is 0.863. The van der Waals surface area contributed by atoms with E-state index in [1.807, 2.05) is 89.6 Å². The highest BCUT2D eigenvalue weighted by Crippen LogP contribution is 2.55. The van der Waals surface area contributed by atoms with Crippen molar-refractivity contribution in [2.45, 2.75) is 219 Å². The number of likely N-dealkylation sites (tertiary alicyclic amines) is 6. The van der Waals surface area contributed by atoms with Gasteiger partial charge in [-0.3, -0.25) is 14.9 Å². The number of aliphatic hydroxyl groups is 3. The Kier molecular flexibility index (Phi) is 33.5. The summed E-state index contributed by atoms with van der Waals surface area (Å²) in [5.41, 5.74) is 6.93. The van der Waals surface area contributed by atoms with Gasteiger partial charge >= 0.3 is 36.1 Å². The topological polar surface area (TPSA) is 356 Å². The van der Waals surface area contributed by atoms with E-state index in [4.69, 9.17) is 31.3 Å². The van der Waals surface area contributed by atoms with Gasteiger partial charge in [0.25, 0.3) is 0 Å². The minimum absolute atomic E-state index is 0.0442. The van der Waals surface area contributed by atoms with E-state index >= 15 is 0 Å². The number of hydrogen-bond acceptors (Lipinski definition) is 15. The highest BCUT2D eigenvalue weighted by Gasteiger charge is 2.53. The van der Waals surface area contributed by atoms with Crippen molar-refractivity contribution in [1.29, 1.82) is 10.5 Å². The summed E-state index contributed by atoms with van der Waals surface area (Å²) in [6.45, 7) is 25.3. The Morgan fingerprint density at radius 2 is 0.740 bits per heavy atom. The molecule has 6 heterocycles. The number of nitrogens with one attached hydrogen (secondary N) is 1. The summed E-state index contributed by atoms with van der Waals surface area (Å²) in [5.74, 6) is 1.53. The molecule has 100 heavy (non-hydrogen) atoms. The van der Waals surface area contributed by atoms with Gasteiger partial charge in [0.05, 0.1) is 18.9 Å². The average molecular weight is 1410 g/mol. The molecule has 27 nitrogen and oxygen atoms in total. The molecule has 10 amide bonds. The molecule has 0 aromatic carbocycles. The second-order valence-electron chi connectivity index (χ2n) is 30.7. The van der Waals surface area contributed by atoms with Crippen LogP contribution in [0, 0.1) is 80.8 Å². The van der Waals surface area contributed by atoms with Gasteiger partial charge in [-0.05, 0) is 161 Å². The standard InChI is InChI=1S/2C20H32N4O2.C13H25N3O2.C12H23N3O.C4H6O6.2C2H6/c2*1-4-20(8-7-18(25)24-9-5-6-17(24)12-21)10-15-13-23(14-16(15)11-20)19(26)22(2)3;1-4-13(14-9-17)5-10-7-16(8-11(10)6-13)12(18)15(2)3;1-4-12(13)5-9-7-15(8-10(9)6-12)11(16)14(2)3;5-1(3(7)8)2(6)4(9)10;2*1-2/h2*15-17H,4-11,13-14H2,1-3H3;10-11,14,17H,4-9H2,1-3H3;9-10H,4-8,13H2,1-3H3;1-2,5-6H,(H,7,8)(H,9,10);2*1-2H3/t2*15-,16+,17-,20?;10-,11+,13?;9-,10+,12?;;;/m00...../s1. The monoisotopic (exact) mass is 1410 g/mol. The van der Waals surface area contributed by atoms with Gasteiger partial charge in [-0.15, -0.1) is 0 Å². The number of nitriles is 2. The van der Waals surface area contributed by atoms with Crippen molar-refractivity contribution in [3.05, 3.63) is 0 Å². The number of carbonyl (C=O) groups excluding carboxylic acids is 6. The van der Waals surface area contributed by atoms with Crippen LogP contribution in [0.1, 0.15) is 184 Å². The third kappa shape index (κ3) is 21.9. The number of carboxylic acids is 2. The number of hydrogen-bond donors (Lipinski definition) is 7. The number of nitrogens with zero attached hydrogens (tertiary/aromatic N) is 12. The van der Waals surface area contributed by atoms with Gasteiger partial charge < -0.3 is 80.3 Å². The molecule has 16 atom stereocenters. The van der Waals surface area contributed by atoms with Crippen LogP contribution in [0.5, 0.6) is 0 Å². The van der Waals surface area contributed by atoms with Crippen LogP contribution in [0.15, 0.2) is 0 Å². The number of carboxylic acid groups (broad SMARTS) is 2. The number of carbonyl (C=O) groups is 8. The Balaban J connectivity index is 0.000000270. The number of amides is 10. The summed E-state index contributed by atoms with van der Waals surface area (Å²) in [6.07, 6.45) is 15.1. The minimum atomic E-state index is -2.27. The van der Waals surface area contributed by atoms with Crippen LogP contribution in [-0.4, -0.2) is 286 Å². The molecule has 27 heteroatoms. The first-order valence-electron chi connectivity index (χ1n) is 37.4. The molecule has 6 aliphatic heterocycles. The summed E-state index contributed by atoms with van der Waals surface area (Å²) in [6, 6.07) is 4.62. The van der Waals surface area contributed by atoms with Gasteiger partial charge in [0, 0.05) is 146 Å². The quantitative estimate of drug-likeness (QED) is 0.0800. The average Bonchev–Trinajstić information content (AvgIpc) is 1.65. The Hall–Kier alpha value is -6.26. The first-order valence-corrected chi connectivity index (χ1v) is 37.4. The Morgan fingerprint density at radius 1 is 0.470 bits per heavy atom. The zero-order valence-corrected chi connectivity index (χ0v) is 63.8. The lowest BCUT2D eigenvalue weighted by Gasteiger charge is -2.31. The summed E-state index contributed by atoms with van der Waals surface area (Å²) in [7, 11) is 14.5. The van der Waals surface area contributed by atoms with E-state index in [0.29, 0.717) is 60.2 Å². The van der Waals surface area contributed by atoms with Crippen molar-refractivity contribution in [1.82, 2.24) is 54.3 Å². The number of aliphatic carboxylic acids is 2. The number of aliphatic hydroxyl groups excluding tert-OH is 3. The molecule has 4 aliphatic carbocycles. The molecular formula is C73H130N14O13. The predicted octanol–water partition coefficient (Wildman–Crippen LogP) is 7.15. The van der Waals surface area contributed by atoms with Crippen molar-refractivity contribution >= 4 is 47.9 Å². The van der Waals surface area contributed by atoms with Crippen LogP contribution in [0.3, 0.4) is 0 Å². The maximum Gasteiger partial charge on any atom is 0.335 e. The molecule has 0 aromatic heterocycles. The van der Waals surface area contributed by atoms with E-state index in [9.17, 15) is 48.9 Å². The largest absolute Gasteiger partial charge is 0.479 e. The summed E-state index contributed by atoms with van der Waals surface area (Å²) >= 11 is 0. The molecule has 0 radical (unpaired) electrons. The molecular weight excluding hydrogens is 1280 g/mol. The lowest BCUT2D eigenvalue weighted by atomic mass is 9.77. The summed E-state index contributed by atoms with van der Waals surface area (Å²) in [5, 5.41) is 63.3. The Morgan fingerprint density at radius 3 is 0.960 bits per heavy atom. The lowest BCUT2D eigenvalue weighted by molar-refractivity contribution is -0.165. The molecule has 570 valence electrons. The second kappa shape index (κ2) is 38.9. The van der Waals surface area contributed by atoms with Gasteiger partial charge in [0.1, 0.15) is 12.1 Å². The maximum absolute atomic E-state index is 12.6. The van der Waals surface area contributed by atoms with Crippen LogP contribution in [0.4, 0.5) is 19.2 Å². The molecule has 0 bridgehead atoms. The van der Waals surface area contributed by atoms with E-state index in [1.54, 1.807) is 43.5 Å². The first kappa shape index (κ1) is 86.1. The highest BCUT2D eigenvalue weighted by molar-refractivity contribution is 5.83. The number of rotatable bonds is 15. The summed E-state index contributed by atoms with van der Waals surface area (Å²) < 4.78 is 0. The van der Waals surface area contributed by atoms with E-state index in [0.717, 1.165) is 181 Å². The minimum Gasteiger partial charge on any atom is -0.479 e. The van der Waals surface area contributed by atoms with Crippen molar-refractivity contribution in [3.8, 4) is 12.1 Å². The second-order valence-corrected chi connectivity index (χ2v) is 30.7. The van der Waals surface area contributed by atoms with Gasteiger partial charge in [0.15, 0.2) is 12.2 Å². The lowest BCUT2D eigenvalue weighted by Crippen LogP contribution is -2.45. The maximum atomic E-state index is 12.6.